The number of hydrogen-bond acceptors (Lipinski definition) is 0. The fraction of sp³-hybridized carbons (Fsp3) is 0. The Labute approximate surface area is 54.0 Å². The predicted molar refractivity (Wildman–Crippen MR) is 24.1 cm³/mol. The maximum atomic E-state index is 2.86. The van der Waals surface area contributed by atoms with Crippen LogP contribution in [0.25, 0.3) is 0 Å². The molecule has 1 radical (unpaired) electrons. The minimum absolute atomic E-state index is 0. The van der Waals surface area contributed by atoms with Gasteiger partial charge in [0.15, 0.2) is 0 Å². The van der Waals surface area contributed by atoms with E-state index in [4.69, 9.17) is 0 Å². The van der Waals surface area contributed by atoms with Crippen LogP contribution in [0.15, 0.2) is 24.3 Å². The number of benzene rings is 1. The first-order chi connectivity index (χ1) is 3.00. The third-order valence-corrected chi connectivity index (χ3v) is 0.552. The van der Waals surface area contributed by atoms with Gasteiger partial charge in [-0.2, -0.15) is 36.4 Å². The van der Waals surface area contributed by atoms with Crippen molar-refractivity contribution in [2.75, 3.05) is 0 Å². The van der Waals surface area contributed by atoms with E-state index in [0.717, 1.165) is 0 Å². The molecule has 0 amide bonds. The summed E-state index contributed by atoms with van der Waals surface area (Å²) in [6, 6.07) is 13.0. The summed E-state index contributed by atoms with van der Waals surface area (Å²) < 4.78 is 0. The van der Waals surface area contributed by atoms with Crippen LogP contribution in [-0.2, 0) is 17.1 Å². The third kappa shape index (κ3) is 2.44. The molecule has 0 spiro atoms. The van der Waals surface area contributed by atoms with Crippen molar-refractivity contribution in [3.05, 3.63) is 36.4 Å². The smallest absolute Gasteiger partial charge is 0 e. The van der Waals surface area contributed by atoms with Crippen molar-refractivity contribution in [3.63, 3.8) is 0 Å². The zero-order valence-corrected chi connectivity index (χ0v) is 4.77. The Kier molecular flexibility index (Phi) is 3.77. The summed E-state index contributed by atoms with van der Waals surface area (Å²) in [6.07, 6.45) is 0. The molecule has 1 aromatic rings. The van der Waals surface area contributed by atoms with Crippen molar-refractivity contribution in [2.24, 2.45) is 0 Å². The first kappa shape index (κ1) is 6.74. The summed E-state index contributed by atoms with van der Waals surface area (Å²) in [5, 5.41) is 0. The Bertz CT molecular complexity index is 76.1. The second-order valence-electron chi connectivity index (χ2n) is 1.00. The van der Waals surface area contributed by atoms with Crippen LogP contribution in [0, 0.1) is 12.1 Å². The summed E-state index contributed by atoms with van der Waals surface area (Å²) in [5.41, 5.74) is 0. The van der Waals surface area contributed by atoms with Crippen LogP contribution < -0.4 is 0 Å². The maximum absolute atomic E-state index is 2.86. The van der Waals surface area contributed by atoms with Gasteiger partial charge < -0.3 is 0 Å². The molecule has 0 aliphatic rings. The Morgan fingerprint density at radius 2 is 1.71 bits per heavy atom. The summed E-state index contributed by atoms with van der Waals surface area (Å²) >= 11 is 0. The Morgan fingerprint density at radius 3 is 1.86 bits per heavy atom. The van der Waals surface area contributed by atoms with E-state index in [9.17, 15) is 0 Å². The van der Waals surface area contributed by atoms with E-state index in [1.807, 2.05) is 24.3 Å². The minimum atomic E-state index is 0. The second-order valence-corrected chi connectivity index (χ2v) is 1.00. The van der Waals surface area contributed by atoms with Crippen LogP contribution >= 0.6 is 0 Å². The topological polar surface area (TPSA) is 0 Å². The normalized spacial score (nSPS) is 6.86. The molecule has 0 unspecified atom stereocenters. The molecule has 0 fully saturated rings. The largest absolute Gasteiger partial charge is 0.184 e. The standard InChI is InChI=1S/C6H4.Fe/c1-2-4-6-5-3-1;/h1-2,5-6H;/q-1;. The van der Waals surface area contributed by atoms with Gasteiger partial charge in [-0.25, -0.2) is 0 Å². The zero-order chi connectivity index (χ0) is 4.24. The van der Waals surface area contributed by atoms with Gasteiger partial charge in [0, 0.05) is 17.1 Å². The molecule has 0 atom stereocenters. The molecule has 0 aliphatic heterocycles. The van der Waals surface area contributed by atoms with Crippen molar-refractivity contribution in [3.8, 4) is 0 Å². The summed E-state index contributed by atoms with van der Waals surface area (Å²) in [5.74, 6) is 0. The van der Waals surface area contributed by atoms with Gasteiger partial charge in [0.25, 0.3) is 0 Å². The van der Waals surface area contributed by atoms with Crippen molar-refractivity contribution < 1.29 is 17.1 Å². The van der Waals surface area contributed by atoms with Crippen LogP contribution in [0.5, 0.6) is 0 Å². The molecule has 0 aliphatic carbocycles. The molecule has 1 heteroatoms. The van der Waals surface area contributed by atoms with Gasteiger partial charge in [0.2, 0.25) is 0 Å². The molecule has 0 N–H and O–H groups in total. The Balaban J connectivity index is 0.000000360. The molecule has 1 rings (SSSR count). The predicted octanol–water partition coefficient (Wildman–Crippen LogP) is 1.28. The fourth-order valence-electron chi connectivity index (χ4n) is 0.304. The van der Waals surface area contributed by atoms with E-state index in [0.29, 0.717) is 0 Å². The molecule has 0 heterocycles. The molecule has 0 nitrogen and oxygen atoms in total. The SMILES string of the molecule is [Fe].[c]1cc[c-]cc1. The van der Waals surface area contributed by atoms with E-state index < -0.39 is 0 Å². The Hall–Kier alpha value is -0.261. The van der Waals surface area contributed by atoms with E-state index in [1.165, 1.54) is 0 Å². The third-order valence-electron chi connectivity index (χ3n) is 0.552. The quantitative estimate of drug-likeness (QED) is 0.368. The summed E-state index contributed by atoms with van der Waals surface area (Å²) in [6.45, 7) is 0. The molecule has 0 aromatic heterocycles. The van der Waals surface area contributed by atoms with Crippen LogP contribution in [-0.4, -0.2) is 0 Å². The van der Waals surface area contributed by atoms with Gasteiger partial charge in [0.1, 0.15) is 0 Å². The molecule has 7 heavy (non-hydrogen) atoms. The van der Waals surface area contributed by atoms with Gasteiger partial charge in [-0.3, -0.25) is 0 Å². The second kappa shape index (κ2) is 3.91. The molecular formula is C6H4Fe-. The molecule has 0 bridgehead atoms. The fourth-order valence-corrected chi connectivity index (χ4v) is 0.304. The van der Waals surface area contributed by atoms with Crippen LogP contribution in [0.3, 0.4) is 0 Å². The zero-order valence-electron chi connectivity index (χ0n) is 3.66. The average Bonchev–Trinajstić information content (AvgIpc) is 1.72. The van der Waals surface area contributed by atoms with E-state index in [2.05, 4.69) is 12.1 Å². The van der Waals surface area contributed by atoms with Crippen molar-refractivity contribution in [1.29, 1.82) is 0 Å². The minimum Gasteiger partial charge on any atom is -0.184 e. The van der Waals surface area contributed by atoms with E-state index in [1.54, 1.807) is 0 Å². The summed E-state index contributed by atoms with van der Waals surface area (Å²) in [4.78, 5) is 0. The first-order valence-electron chi connectivity index (χ1n) is 1.82. The molecule has 1 aromatic carbocycles. The number of rotatable bonds is 0. The van der Waals surface area contributed by atoms with Gasteiger partial charge in [-0.1, -0.05) is 0 Å². The first-order valence-corrected chi connectivity index (χ1v) is 1.82. The Morgan fingerprint density at radius 1 is 1.14 bits per heavy atom. The average molecular weight is 132 g/mol. The van der Waals surface area contributed by atoms with Crippen LogP contribution in [0.2, 0.25) is 0 Å². The van der Waals surface area contributed by atoms with Gasteiger partial charge in [-0.15, -0.1) is 0 Å². The van der Waals surface area contributed by atoms with E-state index >= 15 is 0 Å². The van der Waals surface area contributed by atoms with Crippen molar-refractivity contribution in [2.45, 2.75) is 0 Å². The number of hydrogen-bond donors (Lipinski definition) is 0. The summed E-state index contributed by atoms with van der Waals surface area (Å²) in [7, 11) is 0. The van der Waals surface area contributed by atoms with Gasteiger partial charge >= 0.3 is 0 Å². The van der Waals surface area contributed by atoms with Crippen molar-refractivity contribution in [1.82, 2.24) is 0 Å². The molecule has 0 saturated carbocycles. The monoisotopic (exact) mass is 132 g/mol. The maximum Gasteiger partial charge on any atom is 0 e. The van der Waals surface area contributed by atoms with E-state index in [-0.39, 0.29) is 17.1 Å². The molecule has 0 saturated heterocycles. The van der Waals surface area contributed by atoms with Crippen LogP contribution in [0.1, 0.15) is 0 Å². The van der Waals surface area contributed by atoms with Crippen molar-refractivity contribution >= 4 is 0 Å². The van der Waals surface area contributed by atoms with Crippen LogP contribution in [0.4, 0.5) is 0 Å². The van der Waals surface area contributed by atoms with Gasteiger partial charge in [-0.05, 0) is 0 Å². The molecular weight excluding hydrogens is 128 g/mol. The molecule has 37 valence electrons. The van der Waals surface area contributed by atoms with Gasteiger partial charge in [0.05, 0.1) is 0 Å².